The molecule has 0 unspecified atom stereocenters. The van der Waals surface area contributed by atoms with Crippen molar-refractivity contribution in [1.82, 2.24) is 20.7 Å². The number of guanidine groups is 1. The molecule has 0 aliphatic heterocycles. The number of likely N-dealkylation sites (N-methyl/N-ethyl adjacent to an activating group) is 1. The molecule has 1 aromatic carbocycles. The Morgan fingerprint density at radius 2 is 1.87 bits per heavy atom. The maximum atomic E-state index is 11.9. The van der Waals surface area contributed by atoms with Crippen LogP contribution in [0.2, 0.25) is 0 Å². The van der Waals surface area contributed by atoms with E-state index in [2.05, 4.69) is 20.8 Å². The van der Waals surface area contributed by atoms with Crippen LogP contribution in [0, 0.1) is 0 Å². The van der Waals surface area contributed by atoms with E-state index in [0.29, 0.717) is 18.3 Å². The minimum absolute atomic E-state index is 0. The number of nitrogens with zero attached hydrogens (tertiary/aromatic N) is 3. The van der Waals surface area contributed by atoms with Gasteiger partial charge in [-0.15, -0.1) is 24.0 Å². The normalized spacial score (nSPS) is 11.7. The number of nitrogens with one attached hydrogen (secondary N) is 2. The second kappa shape index (κ2) is 12.0. The van der Waals surface area contributed by atoms with Gasteiger partial charge in [0.15, 0.2) is 11.7 Å². The second-order valence-corrected chi connectivity index (χ2v) is 8.78. The quantitative estimate of drug-likeness (QED) is 0.250. The molecular formula is C19H29IN6O4S. The third kappa shape index (κ3) is 8.83. The van der Waals surface area contributed by atoms with Crippen molar-refractivity contribution >= 4 is 45.9 Å². The van der Waals surface area contributed by atoms with Crippen LogP contribution < -0.4 is 15.8 Å². The van der Waals surface area contributed by atoms with Crippen molar-refractivity contribution in [3.8, 4) is 0 Å². The zero-order valence-corrected chi connectivity index (χ0v) is 21.1. The Bertz CT molecular complexity index is 987. The number of nitrogens with two attached hydrogens (primary N) is 1. The average Bonchev–Trinajstić information content (AvgIpc) is 3.16. The Morgan fingerprint density at radius 1 is 1.23 bits per heavy atom. The summed E-state index contributed by atoms with van der Waals surface area (Å²) in [6.45, 7) is 4.72. The lowest BCUT2D eigenvalue weighted by Gasteiger charge is -2.14. The molecule has 0 saturated carbocycles. The van der Waals surface area contributed by atoms with Gasteiger partial charge in [0.1, 0.15) is 0 Å². The molecule has 0 bridgehead atoms. The standard InChI is InChI=1S/C19H28N6O4S.HI/c1-13(2)17-9-15(29-24-17)11-22-19(23-12-18(26)25(3)4)21-10-14-5-7-16(8-6-14)30(20,27)28;/h5-9,13H,10-12H2,1-4H3,(H2,20,27,28)(H2,21,22,23);1H. The highest BCUT2D eigenvalue weighted by atomic mass is 127. The van der Waals surface area contributed by atoms with Crippen molar-refractivity contribution in [2.45, 2.75) is 37.8 Å². The summed E-state index contributed by atoms with van der Waals surface area (Å²) in [5, 5.41) is 15.2. The average molecular weight is 564 g/mol. The van der Waals surface area contributed by atoms with E-state index in [0.717, 1.165) is 11.3 Å². The van der Waals surface area contributed by atoms with Crippen molar-refractivity contribution in [3.05, 3.63) is 47.3 Å². The van der Waals surface area contributed by atoms with Gasteiger partial charge in [-0.3, -0.25) is 4.79 Å². The molecule has 0 saturated heterocycles. The summed E-state index contributed by atoms with van der Waals surface area (Å²) in [5.74, 6) is 1.20. The number of aromatic nitrogens is 1. The van der Waals surface area contributed by atoms with Crippen LogP contribution in [-0.2, 0) is 27.9 Å². The summed E-state index contributed by atoms with van der Waals surface area (Å²) >= 11 is 0. The Kier molecular flexibility index (Phi) is 10.4. The molecule has 4 N–H and O–H groups in total. The van der Waals surface area contributed by atoms with Gasteiger partial charge in [-0.25, -0.2) is 18.5 Å². The minimum atomic E-state index is -3.74. The van der Waals surface area contributed by atoms with Crippen molar-refractivity contribution in [2.75, 3.05) is 20.6 Å². The molecule has 0 spiro atoms. The number of halogens is 1. The van der Waals surface area contributed by atoms with Crippen LogP contribution in [-0.4, -0.2) is 51.0 Å². The lowest BCUT2D eigenvalue weighted by molar-refractivity contribution is -0.127. The topological polar surface area (TPSA) is 143 Å². The first kappa shape index (κ1) is 26.8. The number of hydrogen-bond acceptors (Lipinski definition) is 6. The maximum absolute atomic E-state index is 11.9. The zero-order valence-electron chi connectivity index (χ0n) is 18.0. The van der Waals surface area contributed by atoms with E-state index in [4.69, 9.17) is 9.66 Å². The maximum Gasteiger partial charge on any atom is 0.241 e. The van der Waals surface area contributed by atoms with Crippen molar-refractivity contribution in [1.29, 1.82) is 0 Å². The molecule has 2 aromatic rings. The zero-order chi connectivity index (χ0) is 22.3. The van der Waals surface area contributed by atoms with E-state index in [1.54, 1.807) is 26.2 Å². The number of amides is 1. The molecule has 12 heteroatoms. The first-order valence-electron chi connectivity index (χ1n) is 9.36. The lowest BCUT2D eigenvalue weighted by Crippen LogP contribution is -2.42. The Morgan fingerprint density at radius 3 is 2.39 bits per heavy atom. The fourth-order valence-corrected chi connectivity index (χ4v) is 2.82. The predicted molar refractivity (Wildman–Crippen MR) is 128 cm³/mol. The molecule has 10 nitrogen and oxygen atoms in total. The Hall–Kier alpha value is -2.19. The van der Waals surface area contributed by atoms with E-state index < -0.39 is 10.0 Å². The van der Waals surface area contributed by atoms with Crippen molar-refractivity contribution in [3.63, 3.8) is 0 Å². The van der Waals surface area contributed by atoms with Crippen molar-refractivity contribution in [2.24, 2.45) is 10.1 Å². The van der Waals surface area contributed by atoms with Crippen LogP contribution in [0.5, 0.6) is 0 Å². The summed E-state index contributed by atoms with van der Waals surface area (Å²) < 4.78 is 28.0. The molecule has 0 radical (unpaired) electrons. The SMILES string of the molecule is CC(C)c1cc(CNC(=NCc2ccc(S(N)(=O)=O)cc2)NCC(=O)N(C)C)on1.I. The molecule has 0 aliphatic carbocycles. The largest absolute Gasteiger partial charge is 0.359 e. The summed E-state index contributed by atoms with van der Waals surface area (Å²) in [7, 11) is -0.400. The summed E-state index contributed by atoms with van der Waals surface area (Å²) in [5.41, 5.74) is 1.64. The van der Waals surface area contributed by atoms with Gasteiger partial charge < -0.3 is 20.1 Å². The van der Waals surface area contributed by atoms with E-state index in [1.165, 1.54) is 17.0 Å². The van der Waals surface area contributed by atoms with Gasteiger partial charge in [0.25, 0.3) is 0 Å². The number of aliphatic imine (C=N–C) groups is 1. The smallest absolute Gasteiger partial charge is 0.241 e. The van der Waals surface area contributed by atoms with E-state index in [1.807, 2.05) is 19.9 Å². The highest BCUT2D eigenvalue weighted by molar-refractivity contribution is 14.0. The molecule has 31 heavy (non-hydrogen) atoms. The molecule has 2 rings (SSSR count). The van der Waals surface area contributed by atoms with Crippen LogP contribution in [0.25, 0.3) is 0 Å². The summed E-state index contributed by atoms with van der Waals surface area (Å²) in [6.07, 6.45) is 0. The van der Waals surface area contributed by atoms with Crippen LogP contribution >= 0.6 is 24.0 Å². The van der Waals surface area contributed by atoms with Crippen LogP contribution in [0.3, 0.4) is 0 Å². The third-order valence-electron chi connectivity index (χ3n) is 4.18. The molecule has 0 fully saturated rings. The van der Waals surface area contributed by atoms with Gasteiger partial charge in [-0.05, 0) is 23.6 Å². The molecular weight excluding hydrogens is 535 g/mol. The number of hydrogen-bond donors (Lipinski definition) is 3. The van der Waals surface area contributed by atoms with Crippen LogP contribution in [0.1, 0.15) is 36.8 Å². The summed E-state index contributed by atoms with van der Waals surface area (Å²) in [4.78, 5) is 17.9. The van der Waals surface area contributed by atoms with Gasteiger partial charge >= 0.3 is 0 Å². The second-order valence-electron chi connectivity index (χ2n) is 7.22. The summed E-state index contributed by atoms with van der Waals surface area (Å²) in [6, 6.07) is 8.00. The van der Waals surface area contributed by atoms with Gasteiger partial charge in [0.2, 0.25) is 15.9 Å². The fourth-order valence-electron chi connectivity index (χ4n) is 2.30. The van der Waals surface area contributed by atoms with E-state index in [-0.39, 0.29) is 53.8 Å². The first-order chi connectivity index (χ1) is 14.1. The number of primary sulfonamides is 1. The molecule has 1 heterocycles. The molecule has 1 aromatic heterocycles. The van der Waals surface area contributed by atoms with Gasteiger partial charge in [-0.2, -0.15) is 0 Å². The monoisotopic (exact) mass is 564 g/mol. The van der Waals surface area contributed by atoms with Gasteiger partial charge in [0.05, 0.1) is 30.2 Å². The van der Waals surface area contributed by atoms with E-state index in [9.17, 15) is 13.2 Å². The highest BCUT2D eigenvalue weighted by Gasteiger charge is 2.10. The Balaban J connectivity index is 0.00000480. The lowest BCUT2D eigenvalue weighted by atomic mass is 10.1. The van der Waals surface area contributed by atoms with Crippen molar-refractivity contribution < 1.29 is 17.7 Å². The van der Waals surface area contributed by atoms with Gasteiger partial charge in [-0.1, -0.05) is 31.1 Å². The molecule has 0 aliphatic rings. The first-order valence-corrected chi connectivity index (χ1v) is 10.9. The Labute approximate surface area is 199 Å². The van der Waals surface area contributed by atoms with E-state index >= 15 is 0 Å². The number of carbonyl (C=O) groups is 1. The number of rotatable bonds is 8. The number of benzene rings is 1. The van der Waals surface area contributed by atoms with Crippen LogP contribution in [0.4, 0.5) is 0 Å². The molecule has 1 amide bonds. The van der Waals surface area contributed by atoms with Crippen LogP contribution in [0.15, 0.2) is 44.7 Å². The molecule has 0 atom stereocenters. The third-order valence-corrected chi connectivity index (χ3v) is 5.11. The molecule has 172 valence electrons. The van der Waals surface area contributed by atoms with Gasteiger partial charge in [0, 0.05) is 20.2 Å². The number of carbonyl (C=O) groups excluding carboxylic acids is 1. The predicted octanol–water partition coefficient (Wildman–Crippen LogP) is 1.39. The minimum Gasteiger partial charge on any atom is -0.359 e. The highest BCUT2D eigenvalue weighted by Crippen LogP contribution is 2.14. The number of sulfonamides is 1. The fraction of sp³-hybridized carbons (Fsp3) is 0.421.